The first-order chi connectivity index (χ1) is 15.2. The fraction of sp³-hybridized carbons (Fsp3) is 0.619. The molecule has 4 fully saturated rings. The Morgan fingerprint density at radius 3 is 1.88 bits per heavy atom. The quantitative estimate of drug-likeness (QED) is 0.353. The summed E-state index contributed by atoms with van der Waals surface area (Å²) in [5.41, 5.74) is -1.59. The van der Waals surface area contributed by atoms with Crippen LogP contribution in [0.1, 0.15) is 48.9 Å². The number of Topliss-reactive ketones (excluding diaryl/α,β-unsaturated/α-hetero) is 1. The second-order valence-corrected chi connectivity index (χ2v) is 11.0. The monoisotopic (exact) mass is 495 g/mol. The number of nitrogens with one attached hydrogen (secondary N) is 1. The van der Waals surface area contributed by atoms with Crippen LogP contribution in [-0.4, -0.2) is 43.2 Å². The third kappa shape index (κ3) is 4.51. The van der Waals surface area contributed by atoms with Crippen LogP contribution in [0.3, 0.4) is 0 Å². The predicted molar refractivity (Wildman–Crippen MR) is 105 cm³/mol. The molecule has 1 aromatic carbocycles. The molecule has 4 saturated carbocycles. The fourth-order valence-corrected chi connectivity index (χ4v) is 6.73. The molecule has 182 valence electrons. The summed E-state index contributed by atoms with van der Waals surface area (Å²) in [5.74, 6) is -3.41. The van der Waals surface area contributed by atoms with E-state index >= 15 is 0 Å². The summed E-state index contributed by atoms with van der Waals surface area (Å²) in [6.45, 7) is 0. The standard InChI is InChI=1S/C21H22F5NO5S/c22-20(23,24)17(16(28)15-4-2-1-3-5-15)32-33(30,31)21(25,26)18(29)27-19-9-12-6-13(10-19)8-14(7-12)11-19/h1-5,12-14,17H,6-11H2,(H,27,29). The molecule has 0 saturated heterocycles. The Morgan fingerprint density at radius 1 is 0.939 bits per heavy atom. The Kier molecular flexibility index (Phi) is 5.83. The van der Waals surface area contributed by atoms with Crippen LogP contribution in [0.5, 0.6) is 0 Å². The van der Waals surface area contributed by atoms with Crippen molar-refractivity contribution in [2.45, 2.75) is 61.6 Å². The minimum absolute atomic E-state index is 0.233. The molecule has 33 heavy (non-hydrogen) atoms. The minimum atomic E-state index is -6.46. The molecular weight excluding hydrogens is 473 g/mol. The average Bonchev–Trinajstić information content (AvgIpc) is 2.70. The summed E-state index contributed by atoms with van der Waals surface area (Å²) in [7, 11) is -6.46. The molecule has 1 unspecified atom stereocenters. The van der Waals surface area contributed by atoms with Gasteiger partial charge in [-0.15, -0.1) is 0 Å². The zero-order chi connectivity index (χ0) is 24.2. The number of ketones is 1. The van der Waals surface area contributed by atoms with E-state index in [-0.39, 0.29) is 17.8 Å². The van der Waals surface area contributed by atoms with E-state index in [1.54, 1.807) is 0 Å². The van der Waals surface area contributed by atoms with Crippen LogP contribution in [0.25, 0.3) is 0 Å². The van der Waals surface area contributed by atoms with Crippen molar-refractivity contribution in [1.82, 2.24) is 5.32 Å². The first kappa shape index (κ1) is 24.1. The van der Waals surface area contributed by atoms with E-state index in [0.717, 1.165) is 31.4 Å². The number of halogens is 5. The Balaban J connectivity index is 1.54. The van der Waals surface area contributed by atoms with Crippen LogP contribution in [0.2, 0.25) is 0 Å². The van der Waals surface area contributed by atoms with Gasteiger partial charge in [-0.25, -0.2) is 4.18 Å². The van der Waals surface area contributed by atoms with Crippen LogP contribution in [0.4, 0.5) is 22.0 Å². The maximum atomic E-state index is 14.7. The van der Waals surface area contributed by atoms with Gasteiger partial charge in [-0.1, -0.05) is 30.3 Å². The smallest absolute Gasteiger partial charge is 0.344 e. The van der Waals surface area contributed by atoms with Crippen molar-refractivity contribution in [3.63, 3.8) is 0 Å². The lowest BCUT2D eigenvalue weighted by molar-refractivity contribution is -0.180. The average molecular weight is 495 g/mol. The van der Waals surface area contributed by atoms with Crippen LogP contribution in [-0.2, 0) is 19.1 Å². The highest BCUT2D eigenvalue weighted by molar-refractivity contribution is 7.88. The van der Waals surface area contributed by atoms with E-state index in [2.05, 4.69) is 9.50 Å². The van der Waals surface area contributed by atoms with E-state index in [9.17, 15) is 40.0 Å². The largest absolute Gasteiger partial charge is 0.446 e. The summed E-state index contributed by atoms with van der Waals surface area (Å²) in [6.07, 6.45) is -5.33. The topological polar surface area (TPSA) is 89.5 Å². The fourth-order valence-electron chi connectivity index (χ4n) is 5.88. The molecule has 5 rings (SSSR count). The van der Waals surface area contributed by atoms with Crippen LogP contribution >= 0.6 is 0 Å². The van der Waals surface area contributed by atoms with Crippen molar-refractivity contribution in [3.8, 4) is 0 Å². The molecule has 1 N–H and O–H groups in total. The second-order valence-electron chi connectivity index (χ2n) is 9.37. The van der Waals surface area contributed by atoms with Crippen LogP contribution in [0.15, 0.2) is 30.3 Å². The molecule has 0 radical (unpaired) electrons. The molecule has 0 aliphatic heterocycles. The van der Waals surface area contributed by atoms with Gasteiger partial charge in [0.05, 0.1) is 0 Å². The molecular formula is C21H22F5NO5S. The number of rotatable bonds is 7. The minimum Gasteiger partial charge on any atom is -0.344 e. The lowest BCUT2D eigenvalue weighted by atomic mass is 9.53. The summed E-state index contributed by atoms with van der Waals surface area (Å²) in [6, 6.07) is 5.72. The van der Waals surface area contributed by atoms with Crippen molar-refractivity contribution < 1.29 is 44.1 Å². The summed E-state index contributed by atoms with van der Waals surface area (Å²) < 4.78 is 97.7. The third-order valence-corrected chi connectivity index (χ3v) is 8.07. The molecule has 1 atom stereocenters. The highest BCUT2D eigenvalue weighted by atomic mass is 32.2. The van der Waals surface area contributed by atoms with Crippen molar-refractivity contribution in [3.05, 3.63) is 35.9 Å². The first-order valence-electron chi connectivity index (χ1n) is 10.5. The zero-order valence-corrected chi connectivity index (χ0v) is 18.1. The number of carbonyl (C=O) groups excluding carboxylic acids is 2. The molecule has 0 heterocycles. The molecule has 1 aromatic rings. The molecule has 4 aliphatic carbocycles. The molecule has 4 aliphatic rings. The molecule has 6 nitrogen and oxygen atoms in total. The van der Waals surface area contributed by atoms with Crippen molar-refractivity contribution >= 4 is 21.8 Å². The molecule has 12 heteroatoms. The van der Waals surface area contributed by atoms with Gasteiger partial charge in [0.25, 0.3) is 0 Å². The Morgan fingerprint density at radius 2 is 1.42 bits per heavy atom. The second kappa shape index (κ2) is 8.00. The Labute approximate surface area is 187 Å². The molecule has 0 aromatic heterocycles. The summed E-state index contributed by atoms with van der Waals surface area (Å²) >= 11 is 0. The summed E-state index contributed by atoms with van der Waals surface area (Å²) in [5, 5.41) is -3.19. The number of hydrogen-bond acceptors (Lipinski definition) is 5. The number of benzene rings is 1. The molecule has 4 bridgehead atoms. The zero-order valence-electron chi connectivity index (χ0n) is 17.3. The van der Waals surface area contributed by atoms with E-state index in [4.69, 9.17) is 0 Å². The number of alkyl halides is 5. The van der Waals surface area contributed by atoms with E-state index in [1.807, 2.05) is 0 Å². The third-order valence-electron chi connectivity index (χ3n) is 6.81. The number of carbonyl (C=O) groups is 2. The number of hydrogen-bond donors (Lipinski definition) is 1. The van der Waals surface area contributed by atoms with Gasteiger partial charge >= 0.3 is 27.5 Å². The first-order valence-corrected chi connectivity index (χ1v) is 11.9. The highest BCUT2D eigenvalue weighted by Gasteiger charge is 2.61. The van der Waals surface area contributed by atoms with Gasteiger partial charge < -0.3 is 5.32 Å². The Bertz CT molecular complexity index is 1010. The van der Waals surface area contributed by atoms with Gasteiger partial charge in [0, 0.05) is 11.1 Å². The maximum absolute atomic E-state index is 14.7. The molecule has 1 amide bonds. The normalized spacial score (nSPS) is 30.2. The van der Waals surface area contributed by atoms with E-state index in [0.29, 0.717) is 19.3 Å². The van der Waals surface area contributed by atoms with E-state index < -0.39 is 50.4 Å². The van der Waals surface area contributed by atoms with Crippen molar-refractivity contribution in [2.75, 3.05) is 0 Å². The van der Waals surface area contributed by atoms with Gasteiger partial charge in [-0.05, 0) is 56.3 Å². The SMILES string of the molecule is O=C(c1ccccc1)C(OS(=O)(=O)C(F)(F)C(=O)NC12CC3CC(CC(C3)C1)C2)C(F)(F)F. The van der Waals surface area contributed by atoms with Crippen molar-refractivity contribution in [2.24, 2.45) is 17.8 Å². The highest BCUT2D eigenvalue weighted by Crippen LogP contribution is 2.55. The predicted octanol–water partition coefficient (Wildman–Crippen LogP) is 3.82. The number of amides is 1. The Hall–Kier alpha value is -2.08. The lowest BCUT2D eigenvalue weighted by Crippen LogP contribution is -2.63. The van der Waals surface area contributed by atoms with Crippen LogP contribution < -0.4 is 5.32 Å². The van der Waals surface area contributed by atoms with Gasteiger partial charge in [-0.3, -0.25) is 9.59 Å². The lowest BCUT2D eigenvalue weighted by Gasteiger charge is -2.57. The van der Waals surface area contributed by atoms with Gasteiger partial charge in [0.1, 0.15) is 0 Å². The van der Waals surface area contributed by atoms with Crippen molar-refractivity contribution in [1.29, 1.82) is 0 Å². The van der Waals surface area contributed by atoms with E-state index in [1.165, 1.54) is 18.2 Å². The molecule has 0 spiro atoms. The van der Waals surface area contributed by atoms with Gasteiger partial charge in [0.15, 0.2) is 0 Å². The van der Waals surface area contributed by atoms with Gasteiger partial charge in [-0.2, -0.15) is 30.4 Å². The van der Waals surface area contributed by atoms with Gasteiger partial charge in [0.2, 0.25) is 11.9 Å². The maximum Gasteiger partial charge on any atom is 0.446 e. The van der Waals surface area contributed by atoms with Crippen LogP contribution in [0, 0.1) is 17.8 Å². The summed E-state index contributed by atoms with van der Waals surface area (Å²) in [4.78, 5) is 24.6.